The lowest BCUT2D eigenvalue weighted by atomic mass is 9.91. The molecular weight excluding hydrogens is 705 g/mol. The highest BCUT2D eigenvalue weighted by molar-refractivity contribution is 5.97. The van der Waals surface area contributed by atoms with Crippen LogP contribution in [0.3, 0.4) is 0 Å². The van der Waals surface area contributed by atoms with Crippen molar-refractivity contribution in [1.29, 1.82) is 0 Å². The minimum atomic E-state index is -0.365. The molecule has 0 fully saturated rings. The monoisotopic (exact) mass is 740 g/mol. The van der Waals surface area contributed by atoms with Gasteiger partial charge in [0.1, 0.15) is 0 Å². The van der Waals surface area contributed by atoms with E-state index in [0.29, 0.717) is 41.7 Å². The van der Waals surface area contributed by atoms with Gasteiger partial charge in [0.25, 0.3) is 5.91 Å². The Kier molecular flexibility index (Phi) is 7.45. The van der Waals surface area contributed by atoms with Gasteiger partial charge in [-0.25, -0.2) is 0 Å². The van der Waals surface area contributed by atoms with Crippen molar-refractivity contribution in [1.82, 2.24) is 19.8 Å². The van der Waals surface area contributed by atoms with Crippen molar-refractivity contribution < 1.29 is 28.5 Å². The zero-order valence-corrected chi connectivity index (χ0v) is 30.3. The van der Waals surface area contributed by atoms with Crippen molar-refractivity contribution in [3.05, 3.63) is 160 Å². The van der Waals surface area contributed by atoms with Crippen LogP contribution in [0.2, 0.25) is 0 Å². The number of carbonyl (C=O) groups excluding carboxylic acids is 2. The first-order valence-electron chi connectivity index (χ1n) is 19.0. The Hall–Kier alpha value is -6.94. The summed E-state index contributed by atoms with van der Waals surface area (Å²) < 4.78 is 22.7. The summed E-state index contributed by atoms with van der Waals surface area (Å²) in [4.78, 5) is 39.9. The number of nitrogens with zero attached hydrogens (tertiary/aromatic N) is 2. The first kappa shape index (κ1) is 32.5. The van der Waals surface area contributed by atoms with Crippen molar-refractivity contribution in [2.24, 2.45) is 0 Å². The average Bonchev–Trinajstić information content (AvgIpc) is 4.06. The van der Waals surface area contributed by atoms with Gasteiger partial charge in [0.15, 0.2) is 23.0 Å². The summed E-state index contributed by atoms with van der Waals surface area (Å²) in [5.74, 6) is 2.52. The molecular formula is C46H36N4O6. The highest BCUT2D eigenvalue weighted by atomic mass is 16.7. The number of amides is 2. The normalized spacial score (nSPS) is 18.1. The number of fused-ring (bicyclic) bond motifs is 8. The molecule has 10 heteroatoms. The molecule has 0 saturated carbocycles. The summed E-state index contributed by atoms with van der Waals surface area (Å²) in [7, 11) is 0. The van der Waals surface area contributed by atoms with Gasteiger partial charge in [-0.15, -0.1) is 0 Å². The molecule has 5 aromatic carbocycles. The third kappa shape index (κ3) is 5.24. The summed E-state index contributed by atoms with van der Waals surface area (Å²) in [6.45, 7) is 1.43. The fraction of sp³-hybridized carbons (Fsp3) is 0.174. The standard InChI is InChI=1S/C46H36N4O6/c51-41(49-20-18-33-31-8-1-3-10-35(31)47-42(33)44(49)28-13-15-37-39(23-28)55-25-53-37)17-12-27-6-5-7-30(22-27)46(52)50-21-19-34-32-9-2-4-11-36(32)48-43(34)45(50)29-14-16-38-40(24-29)56-26-54-38/h1-17,22-24,44-45,47-48H,18-21,25-26H2/b17-12+. The van der Waals surface area contributed by atoms with Crippen molar-refractivity contribution in [2.75, 3.05) is 26.7 Å². The number of nitrogens with one attached hydrogen (secondary N) is 2. The van der Waals surface area contributed by atoms with E-state index in [1.165, 1.54) is 21.9 Å². The molecule has 10 nitrogen and oxygen atoms in total. The Morgan fingerprint density at radius 3 is 1.77 bits per heavy atom. The Morgan fingerprint density at radius 1 is 0.589 bits per heavy atom. The molecule has 0 aliphatic carbocycles. The van der Waals surface area contributed by atoms with Gasteiger partial charge in [0.2, 0.25) is 19.5 Å². The van der Waals surface area contributed by atoms with Gasteiger partial charge < -0.3 is 38.7 Å². The highest BCUT2D eigenvalue weighted by Crippen LogP contribution is 2.44. The van der Waals surface area contributed by atoms with Gasteiger partial charge in [-0.1, -0.05) is 60.7 Å². The van der Waals surface area contributed by atoms with Gasteiger partial charge in [0.05, 0.1) is 12.1 Å². The van der Waals surface area contributed by atoms with Crippen LogP contribution in [-0.2, 0) is 17.6 Å². The first-order valence-corrected chi connectivity index (χ1v) is 19.0. The van der Waals surface area contributed by atoms with E-state index in [-0.39, 0.29) is 37.5 Å². The van der Waals surface area contributed by atoms with Crippen LogP contribution in [0.4, 0.5) is 0 Å². The van der Waals surface area contributed by atoms with Crippen LogP contribution in [0.1, 0.15) is 61.6 Å². The summed E-state index contributed by atoms with van der Waals surface area (Å²) in [5.41, 5.74) is 9.72. The molecule has 2 atom stereocenters. The number of aromatic nitrogens is 2. The van der Waals surface area contributed by atoms with E-state index < -0.39 is 0 Å². The largest absolute Gasteiger partial charge is 0.454 e. The fourth-order valence-corrected chi connectivity index (χ4v) is 9.00. The Balaban J connectivity index is 0.907. The van der Waals surface area contributed by atoms with E-state index >= 15 is 0 Å². The summed E-state index contributed by atoms with van der Waals surface area (Å²) in [5, 5.41) is 2.35. The molecule has 2 amide bonds. The molecule has 56 heavy (non-hydrogen) atoms. The molecule has 0 radical (unpaired) electrons. The predicted octanol–water partition coefficient (Wildman–Crippen LogP) is 8.08. The zero-order chi connectivity index (χ0) is 37.3. The van der Waals surface area contributed by atoms with E-state index in [2.05, 4.69) is 40.3 Å². The predicted molar refractivity (Wildman–Crippen MR) is 211 cm³/mol. The number of carbonyl (C=O) groups is 2. The maximum absolute atomic E-state index is 14.6. The Morgan fingerprint density at radius 2 is 1.14 bits per heavy atom. The van der Waals surface area contributed by atoms with Crippen molar-refractivity contribution in [3.63, 3.8) is 0 Å². The Labute approximate surface area is 321 Å². The molecule has 276 valence electrons. The topological polar surface area (TPSA) is 109 Å². The molecule has 6 heterocycles. The van der Waals surface area contributed by atoms with Gasteiger partial charge in [-0.3, -0.25) is 9.59 Å². The maximum Gasteiger partial charge on any atom is 0.254 e. The van der Waals surface area contributed by atoms with E-state index in [1.54, 1.807) is 12.2 Å². The highest BCUT2D eigenvalue weighted by Gasteiger charge is 2.37. The molecule has 0 spiro atoms. The van der Waals surface area contributed by atoms with Crippen LogP contribution in [0.5, 0.6) is 23.0 Å². The number of benzene rings is 5. The zero-order valence-electron chi connectivity index (χ0n) is 30.3. The molecule has 11 rings (SSSR count). The van der Waals surface area contributed by atoms with E-state index in [9.17, 15) is 9.59 Å². The summed E-state index contributed by atoms with van der Waals surface area (Å²) >= 11 is 0. The van der Waals surface area contributed by atoms with Crippen LogP contribution in [-0.4, -0.2) is 58.3 Å². The molecule has 4 aliphatic heterocycles. The summed E-state index contributed by atoms with van der Waals surface area (Å²) in [6.07, 6.45) is 4.86. The minimum absolute atomic E-state index is 0.0937. The minimum Gasteiger partial charge on any atom is -0.454 e. The lowest BCUT2D eigenvalue weighted by Gasteiger charge is -2.36. The second-order valence-corrected chi connectivity index (χ2v) is 14.6. The van der Waals surface area contributed by atoms with Gasteiger partial charge in [-0.05, 0) is 95.3 Å². The number of hydrogen-bond acceptors (Lipinski definition) is 6. The molecule has 2 unspecified atom stereocenters. The maximum atomic E-state index is 14.6. The second kappa shape index (κ2) is 12.8. The number of para-hydroxylation sites is 2. The molecule has 0 bridgehead atoms. The van der Waals surface area contributed by atoms with Gasteiger partial charge in [-0.2, -0.15) is 0 Å². The SMILES string of the molecule is O=C(/C=C/c1cccc(C(=O)N2CCc3c([nH]c4ccccc34)C2c2ccc3c(c2)OCO3)c1)N1CCc2c([nH]c3ccccc23)C1c1ccc2c(c1)OCO2. The van der Waals surface area contributed by atoms with E-state index in [4.69, 9.17) is 18.9 Å². The smallest absolute Gasteiger partial charge is 0.254 e. The fourth-order valence-electron chi connectivity index (χ4n) is 9.00. The molecule has 2 N–H and O–H groups in total. The van der Waals surface area contributed by atoms with Crippen molar-refractivity contribution >= 4 is 39.7 Å². The Bertz CT molecular complexity index is 2760. The third-order valence-electron chi connectivity index (χ3n) is 11.6. The molecule has 4 aliphatic rings. The van der Waals surface area contributed by atoms with Crippen LogP contribution >= 0.6 is 0 Å². The van der Waals surface area contributed by atoms with Crippen molar-refractivity contribution in [2.45, 2.75) is 24.9 Å². The van der Waals surface area contributed by atoms with Crippen LogP contribution in [0.25, 0.3) is 27.9 Å². The molecule has 2 aromatic heterocycles. The summed E-state index contributed by atoms with van der Waals surface area (Å²) in [6, 6.07) is 35.1. The number of ether oxygens (including phenoxy) is 4. The lowest BCUT2D eigenvalue weighted by molar-refractivity contribution is -0.128. The number of H-pyrrole nitrogens is 2. The van der Waals surface area contributed by atoms with Gasteiger partial charge in [0, 0.05) is 57.9 Å². The van der Waals surface area contributed by atoms with E-state index in [0.717, 1.165) is 52.0 Å². The number of hydrogen-bond donors (Lipinski definition) is 2. The van der Waals surface area contributed by atoms with Crippen LogP contribution in [0, 0.1) is 0 Å². The first-order chi connectivity index (χ1) is 27.6. The lowest BCUT2D eigenvalue weighted by Crippen LogP contribution is -2.40. The third-order valence-corrected chi connectivity index (χ3v) is 11.6. The number of rotatable bonds is 5. The average molecular weight is 741 g/mol. The van der Waals surface area contributed by atoms with E-state index in [1.807, 2.05) is 88.7 Å². The number of aromatic amines is 2. The molecule has 0 saturated heterocycles. The van der Waals surface area contributed by atoms with Gasteiger partial charge >= 0.3 is 0 Å². The van der Waals surface area contributed by atoms with Crippen LogP contribution in [0.15, 0.2) is 115 Å². The molecule has 7 aromatic rings. The second-order valence-electron chi connectivity index (χ2n) is 14.6. The quantitative estimate of drug-likeness (QED) is 0.173. The van der Waals surface area contributed by atoms with Crippen molar-refractivity contribution in [3.8, 4) is 23.0 Å². The van der Waals surface area contributed by atoms with Crippen LogP contribution < -0.4 is 18.9 Å².